The van der Waals surface area contributed by atoms with Crippen molar-refractivity contribution in [3.05, 3.63) is 46.5 Å². The van der Waals surface area contributed by atoms with Crippen LogP contribution in [0.5, 0.6) is 11.6 Å². The van der Waals surface area contributed by atoms with Crippen molar-refractivity contribution in [3.63, 3.8) is 0 Å². The highest BCUT2D eigenvalue weighted by Gasteiger charge is 2.31. The molecule has 3 aromatic rings. The molecule has 5 rings (SSSR count). The van der Waals surface area contributed by atoms with Crippen LogP contribution in [0.3, 0.4) is 0 Å². The number of anilines is 1. The summed E-state index contributed by atoms with van der Waals surface area (Å²) in [6, 6.07) is 7.10. The van der Waals surface area contributed by atoms with Gasteiger partial charge in [-0.25, -0.2) is 9.97 Å². The van der Waals surface area contributed by atoms with Gasteiger partial charge in [-0.2, -0.15) is 4.98 Å². The van der Waals surface area contributed by atoms with Gasteiger partial charge in [-0.05, 0) is 37.0 Å². The maximum absolute atomic E-state index is 12.6. The third-order valence-electron chi connectivity index (χ3n) is 6.52. The molecule has 2 aliphatic heterocycles. The van der Waals surface area contributed by atoms with Crippen molar-refractivity contribution in [2.75, 3.05) is 25.2 Å². The summed E-state index contributed by atoms with van der Waals surface area (Å²) in [5.41, 5.74) is 1.60. The van der Waals surface area contributed by atoms with Gasteiger partial charge >= 0.3 is 0 Å². The smallest absolute Gasteiger partial charge is 0.270 e. The first-order chi connectivity index (χ1) is 17.0. The van der Waals surface area contributed by atoms with Gasteiger partial charge in [0.05, 0.1) is 25.4 Å². The van der Waals surface area contributed by atoms with Gasteiger partial charge in [-0.1, -0.05) is 12.8 Å². The number of carbonyl (C=O) groups excluding carboxylic acids is 2. The Morgan fingerprint density at radius 3 is 2.83 bits per heavy atom. The minimum atomic E-state index is -0.181. The zero-order chi connectivity index (χ0) is 24.4. The maximum Gasteiger partial charge on any atom is 0.270 e. The Labute approximate surface area is 201 Å². The number of fused-ring (bicyclic) bond motifs is 2. The highest BCUT2D eigenvalue weighted by atomic mass is 16.5. The number of aryl methyl sites for hydroxylation is 1. The highest BCUT2D eigenvalue weighted by Crippen LogP contribution is 2.30. The van der Waals surface area contributed by atoms with E-state index in [4.69, 9.17) is 9.47 Å². The Hall–Kier alpha value is -3.82. The fourth-order valence-electron chi connectivity index (χ4n) is 4.71. The molecule has 0 N–H and O–H groups in total. The number of ether oxygens (including phenoxy) is 2. The molecule has 1 saturated heterocycles. The average molecular weight is 478 g/mol. The number of methoxy groups -OCH3 is 1. The van der Waals surface area contributed by atoms with Gasteiger partial charge in [0.2, 0.25) is 11.8 Å². The summed E-state index contributed by atoms with van der Waals surface area (Å²) in [6.07, 6.45) is 5.70. The van der Waals surface area contributed by atoms with Gasteiger partial charge in [-0.15, -0.1) is 0 Å². The molecule has 0 aromatic carbocycles. The summed E-state index contributed by atoms with van der Waals surface area (Å²) in [6.45, 7) is 1.25. The van der Waals surface area contributed by atoms with Crippen LogP contribution in [0.2, 0.25) is 0 Å². The van der Waals surface area contributed by atoms with Gasteiger partial charge in [0.1, 0.15) is 23.7 Å². The predicted octanol–water partition coefficient (Wildman–Crippen LogP) is 2.31. The summed E-state index contributed by atoms with van der Waals surface area (Å²) in [5, 5.41) is 0. The molecule has 1 fully saturated rings. The van der Waals surface area contributed by atoms with Crippen LogP contribution in [0.4, 0.5) is 5.82 Å². The molecule has 1 amide bonds. The van der Waals surface area contributed by atoms with Crippen LogP contribution in [-0.4, -0.2) is 51.5 Å². The fourth-order valence-corrected chi connectivity index (χ4v) is 4.71. The van der Waals surface area contributed by atoms with E-state index in [1.54, 1.807) is 40.8 Å². The lowest BCUT2D eigenvalue weighted by molar-refractivity contribution is -0.121. The molecule has 0 unspecified atom stereocenters. The molecule has 3 aromatic heterocycles. The number of hydrogen-bond donors (Lipinski definition) is 0. The Balaban J connectivity index is 1.14. The molecule has 35 heavy (non-hydrogen) atoms. The first-order valence-electron chi connectivity index (χ1n) is 11.9. The SMILES string of the molecule is COc1ccc2ncc(=O)n(CCCCC[C@H]3CC(=O)N(c4ccc5c(n4)CC(=O)CO5)C3)c2n1. The quantitative estimate of drug-likeness (QED) is 0.454. The third-order valence-corrected chi connectivity index (χ3v) is 6.52. The maximum atomic E-state index is 12.6. The van der Waals surface area contributed by atoms with Gasteiger partial charge in [0, 0.05) is 25.6 Å². The molecule has 1 atom stereocenters. The number of unbranched alkanes of at least 4 members (excludes halogenated alkanes) is 2. The lowest BCUT2D eigenvalue weighted by atomic mass is 10.0. The van der Waals surface area contributed by atoms with E-state index in [9.17, 15) is 14.4 Å². The zero-order valence-electron chi connectivity index (χ0n) is 19.6. The number of Topliss-reactive ketones (excluding diaryl/α,β-unsaturated/α-hetero) is 1. The number of amides is 1. The number of pyridine rings is 2. The van der Waals surface area contributed by atoms with Crippen LogP contribution in [-0.2, 0) is 22.6 Å². The van der Waals surface area contributed by atoms with E-state index in [2.05, 4.69) is 15.0 Å². The molecule has 2 aliphatic rings. The average Bonchev–Trinajstić information content (AvgIpc) is 3.24. The minimum Gasteiger partial charge on any atom is -0.484 e. The molecule has 5 heterocycles. The van der Waals surface area contributed by atoms with Crippen LogP contribution >= 0.6 is 0 Å². The largest absolute Gasteiger partial charge is 0.484 e. The number of rotatable bonds is 8. The standard InChI is InChI=1S/C25H27N5O5/c1-34-22-9-6-18-25(28-22)29(24(33)13-26-18)10-4-2-3-5-16-11-23(32)30(14-16)21-8-7-20-19(27-21)12-17(31)15-35-20/h6-9,13,16H,2-5,10-12,14-15H2,1H3/t16-/m0/s1. The predicted molar refractivity (Wildman–Crippen MR) is 128 cm³/mol. The molecular weight excluding hydrogens is 450 g/mol. The number of carbonyl (C=O) groups is 2. The Morgan fingerprint density at radius 2 is 1.97 bits per heavy atom. The lowest BCUT2D eigenvalue weighted by Gasteiger charge is -2.20. The molecule has 0 bridgehead atoms. The molecule has 0 radical (unpaired) electrons. The van der Waals surface area contributed by atoms with E-state index in [1.165, 1.54) is 6.20 Å². The van der Waals surface area contributed by atoms with Crippen molar-refractivity contribution in [2.24, 2.45) is 5.92 Å². The summed E-state index contributed by atoms with van der Waals surface area (Å²) in [7, 11) is 1.54. The van der Waals surface area contributed by atoms with Crippen molar-refractivity contribution in [3.8, 4) is 11.6 Å². The zero-order valence-corrected chi connectivity index (χ0v) is 19.6. The third kappa shape index (κ3) is 4.87. The van der Waals surface area contributed by atoms with E-state index in [0.29, 0.717) is 53.8 Å². The minimum absolute atomic E-state index is 0.00952. The van der Waals surface area contributed by atoms with E-state index in [-0.39, 0.29) is 36.2 Å². The van der Waals surface area contributed by atoms with Crippen molar-refractivity contribution in [2.45, 2.75) is 45.1 Å². The monoisotopic (exact) mass is 477 g/mol. The first kappa shape index (κ1) is 22.9. The van der Waals surface area contributed by atoms with Crippen LogP contribution in [0.25, 0.3) is 11.2 Å². The van der Waals surface area contributed by atoms with Gasteiger partial charge < -0.3 is 9.47 Å². The van der Waals surface area contributed by atoms with Crippen LogP contribution in [0, 0.1) is 5.92 Å². The summed E-state index contributed by atoms with van der Waals surface area (Å²) >= 11 is 0. The molecule has 10 heteroatoms. The van der Waals surface area contributed by atoms with E-state index < -0.39 is 0 Å². The van der Waals surface area contributed by atoms with Crippen molar-refractivity contribution < 1.29 is 19.1 Å². The Bertz CT molecular complexity index is 1340. The van der Waals surface area contributed by atoms with Crippen LogP contribution in [0.1, 0.15) is 37.8 Å². The first-order valence-corrected chi connectivity index (χ1v) is 11.9. The topological polar surface area (TPSA) is 117 Å². The molecule has 0 spiro atoms. The Morgan fingerprint density at radius 1 is 1.09 bits per heavy atom. The number of ketones is 1. The highest BCUT2D eigenvalue weighted by molar-refractivity contribution is 5.95. The summed E-state index contributed by atoms with van der Waals surface area (Å²) in [5.74, 6) is 1.95. The fraction of sp³-hybridized carbons (Fsp3) is 0.440. The van der Waals surface area contributed by atoms with E-state index in [1.807, 2.05) is 0 Å². The summed E-state index contributed by atoms with van der Waals surface area (Å²) in [4.78, 5) is 51.5. The van der Waals surface area contributed by atoms with Gasteiger partial charge in [0.25, 0.3) is 5.56 Å². The van der Waals surface area contributed by atoms with Crippen LogP contribution in [0.15, 0.2) is 35.3 Å². The number of hydrogen-bond acceptors (Lipinski definition) is 8. The van der Waals surface area contributed by atoms with E-state index in [0.717, 1.165) is 25.7 Å². The molecule has 0 aliphatic carbocycles. The molecule has 0 saturated carbocycles. The van der Waals surface area contributed by atoms with Crippen molar-refractivity contribution >= 4 is 28.7 Å². The van der Waals surface area contributed by atoms with Gasteiger partial charge in [0.15, 0.2) is 11.4 Å². The van der Waals surface area contributed by atoms with Crippen molar-refractivity contribution in [1.29, 1.82) is 0 Å². The second kappa shape index (κ2) is 9.81. The van der Waals surface area contributed by atoms with Crippen molar-refractivity contribution in [1.82, 2.24) is 19.5 Å². The lowest BCUT2D eigenvalue weighted by Crippen LogP contribution is -2.27. The number of aromatic nitrogens is 4. The summed E-state index contributed by atoms with van der Waals surface area (Å²) < 4.78 is 12.2. The van der Waals surface area contributed by atoms with Gasteiger partial charge in [-0.3, -0.25) is 23.9 Å². The molecular formula is C25H27N5O5. The molecule has 10 nitrogen and oxygen atoms in total. The van der Waals surface area contributed by atoms with E-state index >= 15 is 0 Å². The number of nitrogens with zero attached hydrogens (tertiary/aromatic N) is 5. The second-order valence-electron chi connectivity index (χ2n) is 8.99. The normalized spacial score (nSPS) is 17.5. The second-order valence-corrected chi connectivity index (χ2v) is 8.99. The molecule has 182 valence electrons. The Kier molecular flexibility index (Phi) is 6.43. The van der Waals surface area contributed by atoms with Crippen LogP contribution < -0.4 is 19.9 Å².